The van der Waals surface area contributed by atoms with Crippen LogP contribution in [0.3, 0.4) is 0 Å². The Morgan fingerprint density at radius 3 is 2.48 bits per heavy atom. The number of pyridine rings is 1. The van der Waals surface area contributed by atoms with E-state index in [9.17, 15) is 19.8 Å². The first-order valence-corrected chi connectivity index (χ1v) is 10.0. The van der Waals surface area contributed by atoms with Crippen molar-refractivity contribution in [1.82, 2.24) is 9.88 Å². The van der Waals surface area contributed by atoms with Gasteiger partial charge < -0.3 is 15.1 Å². The summed E-state index contributed by atoms with van der Waals surface area (Å²) in [5.41, 5.74) is 1.18. The third-order valence-corrected chi connectivity index (χ3v) is 5.72. The Hall–Kier alpha value is -3.35. The van der Waals surface area contributed by atoms with E-state index >= 15 is 0 Å². The van der Waals surface area contributed by atoms with E-state index in [4.69, 9.17) is 23.2 Å². The summed E-state index contributed by atoms with van der Waals surface area (Å²) < 4.78 is 0. The number of aliphatic hydroxyl groups is 1. The minimum Gasteiger partial charge on any atom is -0.508 e. The number of hydrogen-bond acceptors (Lipinski definition) is 5. The van der Waals surface area contributed by atoms with E-state index in [2.05, 4.69) is 4.98 Å². The van der Waals surface area contributed by atoms with E-state index < -0.39 is 17.7 Å². The molecule has 6 nitrogen and oxygen atoms in total. The third kappa shape index (κ3) is 4.00. The van der Waals surface area contributed by atoms with Crippen molar-refractivity contribution < 1.29 is 19.8 Å². The van der Waals surface area contributed by atoms with E-state index in [0.29, 0.717) is 16.3 Å². The number of likely N-dealkylation sites (tertiary alicyclic amines) is 1. The number of nitrogens with zero attached hydrogens (tertiary/aromatic N) is 2. The van der Waals surface area contributed by atoms with Gasteiger partial charge in [0.15, 0.2) is 0 Å². The first-order valence-electron chi connectivity index (χ1n) is 9.29. The standard InChI is InChI=1S/C23H16Cl2N2O4/c24-17-8-7-14(11-18(17)25)21(29)19-20(13-4-3-6-16(28)10-13)27(23(31)22(19)30)12-15-5-1-2-9-26-15/h1-11,20,28-29H,12H2/b21-19-. The molecule has 0 radical (unpaired) electrons. The number of carbonyl (C=O) groups is 2. The maximum atomic E-state index is 13.0. The van der Waals surface area contributed by atoms with E-state index in [1.807, 2.05) is 0 Å². The molecule has 2 aromatic carbocycles. The monoisotopic (exact) mass is 454 g/mol. The molecule has 1 fully saturated rings. The lowest BCUT2D eigenvalue weighted by Gasteiger charge is -2.25. The summed E-state index contributed by atoms with van der Waals surface area (Å²) >= 11 is 12.0. The predicted octanol–water partition coefficient (Wildman–Crippen LogP) is 4.72. The van der Waals surface area contributed by atoms with E-state index in [1.54, 1.807) is 36.5 Å². The van der Waals surface area contributed by atoms with Crippen molar-refractivity contribution in [3.05, 3.63) is 99.3 Å². The van der Waals surface area contributed by atoms with Crippen LogP contribution in [0.5, 0.6) is 5.75 Å². The average Bonchev–Trinajstić information content (AvgIpc) is 3.01. The van der Waals surface area contributed by atoms with Crippen LogP contribution in [0.2, 0.25) is 10.0 Å². The summed E-state index contributed by atoms with van der Waals surface area (Å²) in [4.78, 5) is 31.5. The van der Waals surface area contributed by atoms with Gasteiger partial charge in [-0.25, -0.2) is 0 Å². The number of benzene rings is 2. The Morgan fingerprint density at radius 2 is 1.81 bits per heavy atom. The van der Waals surface area contributed by atoms with Crippen LogP contribution in [0.15, 0.2) is 72.4 Å². The minimum atomic E-state index is -0.927. The number of rotatable bonds is 4. The second kappa shape index (κ2) is 8.41. The van der Waals surface area contributed by atoms with Gasteiger partial charge in [-0.3, -0.25) is 14.6 Å². The number of carbonyl (C=O) groups excluding carboxylic acids is 2. The molecule has 3 aromatic rings. The van der Waals surface area contributed by atoms with Crippen molar-refractivity contribution in [3.8, 4) is 5.75 Å². The molecule has 1 aromatic heterocycles. The molecule has 31 heavy (non-hydrogen) atoms. The molecule has 1 aliphatic rings. The summed E-state index contributed by atoms with van der Waals surface area (Å²) in [7, 11) is 0. The lowest BCUT2D eigenvalue weighted by Crippen LogP contribution is -2.29. The summed E-state index contributed by atoms with van der Waals surface area (Å²) in [6.45, 7) is 0.0455. The zero-order chi connectivity index (χ0) is 22.1. The van der Waals surface area contributed by atoms with E-state index in [1.165, 1.54) is 35.2 Å². The van der Waals surface area contributed by atoms with Crippen molar-refractivity contribution in [2.45, 2.75) is 12.6 Å². The van der Waals surface area contributed by atoms with Gasteiger partial charge >= 0.3 is 0 Å². The van der Waals surface area contributed by atoms with Gasteiger partial charge in [-0.05, 0) is 48.0 Å². The highest BCUT2D eigenvalue weighted by atomic mass is 35.5. The lowest BCUT2D eigenvalue weighted by molar-refractivity contribution is -0.140. The first kappa shape index (κ1) is 20.9. The normalized spacial score (nSPS) is 17.9. The number of aromatic hydroxyl groups is 1. The fraction of sp³-hybridized carbons (Fsp3) is 0.0870. The van der Waals surface area contributed by atoms with Gasteiger partial charge in [-0.1, -0.05) is 41.4 Å². The number of ketones is 1. The van der Waals surface area contributed by atoms with Gasteiger partial charge in [0.2, 0.25) is 0 Å². The van der Waals surface area contributed by atoms with E-state index in [0.717, 1.165) is 0 Å². The number of phenols is 1. The molecule has 8 heteroatoms. The van der Waals surface area contributed by atoms with Crippen molar-refractivity contribution in [1.29, 1.82) is 0 Å². The van der Waals surface area contributed by atoms with Crippen LogP contribution >= 0.6 is 23.2 Å². The smallest absolute Gasteiger partial charge is 0.296 e. The molecular weight excluding hydrogens is 439 g/mol. The lowest BCUT2D eigenvalue weighted by atomic mass is 9.95. The van der Waals surface area contributed by atoms with Crippen LogP contribution in [-0.2, 0) is 16.1 Å². The molecule has 1 aliphatic heterocycles. The highest BCUT2D eigenvalue weighted by Crippen LogP contribution is 2.41. The number of phenolic OH excluding ortho intramolecular Hbond substituents is 1. The summed E-state index contributed by atoms with van der Waals surface area (Å²) in [6.07, 6.45) is 1.59. The Kier molecular flexibility index (Phi) is 5.67. The summed E-state index contributed by atoms with van der Waals surface area (Å²) in [6, 6.07) is 15.0. The zero-order valence-electron chi connectivity index (χ0n) is 16.0. The molecule has 1 atom stereocenters. The quantitative estimate of drug-likeness (QED) is 0.338. The van der Waals surface area contributed by atoms with Crippen LogP contribution in [0, 0.1) is 0 Å². The Bertz CT molecular complexity index is 1210. The highest BCUT2D eigenvalue weighted by Gasteiger charge is 2.46. The van der Waals surface area contributed by atoms with Crippen LogP contribution in [0.1, 0.15) is 22.9 Å². The molecule has 1 unspecified atom stereocenters. The molecule has 2 heterocycles. The van der Waals surface area contributed by atoms with Crippen LogP contribution in [0.4, 0.5) is 0 Å². The van der Waals surface area contributed by atoms with Crippen LogP contribution < -0.4 is 0 Å². The van der Waals surface area contributed by atoms with Gasteiger partial charge in [-0.2, -0.15) is 0 Å². The fourth-order valence-corrected chi connectivity index (χ4v) is 3.85. The molecule has 156 valence electrons. The summed E-state index contributed by atoms with van der Waals surface area (Å²) in [5, 5.41) is 21.5. The predicted molar refractivity (Wildman–Crippen MR) is 117 cm³/mol. The van der Waals surface area contributed by atoms with Crippen molar-refractivity contribution in [3.63, 3.8) is 0 Å². The molecule has 0 spiro atoms. The van der Waals surface area contributed by atoms with E-state index in [-0.39, 0.29) is 34.2 Å². The molecule has 0 bridgehead atoms. The Morgan fingerprint density at radius 1 is 1.00 bits per heavy atom. The molecular formula is C23H16Cl2N2O4. The Labute approximate surface area is 188 Å². The zero-order valence-corrected chi connectivity index (χ0v) is 17.5. The molecule has 2 N–H and O–H groups in total. The van der Waals surface area contributed by atoms with Crippen LogP contribution in [-0.4, -0.2) is 31.8 Å². The molecule has 4 rings (SSSR count). The third-order valence-electron chi connectivity index (χ3n) is 4.98. The van der Waals surface area contributed by atoms with Crippen LogP contribution in [0.25, 0.3) is 5.76 Å². The van der Waals surface area contributed by atoms with Gasteiger partial charge in [0.1, 0.15) is 11.5 Å². The van der Waals surface area contributed by atoms with Crippen molar-refractivity contribution in [2.75, 3.05) is 0 Å². The highest BCUT2D eigenvalue weighted by molar-refractivity contribution is 6.46. The molecule has 1 saturated heterocycles. The number of halogens is 2. The maximum Gasteiger partial charge on any atom is 0.296 e. The van der Waals surface area contributed by atoms with Gasteiger partial charge in [0.25, 0.3) is 11.7 Å². The molecule has 0 aliphatic carbocycles. The largest absolute Gasteiger partial charge is 0.508 e. The number of aliphatic hydroxyl groups excluding tert-OH is 1. The Balaban J connectivity index is 1.88. The number of amides is 1. The van der Waals surface area contributed by atoms with Gasteiger partial charge in [0, 0.05) is 11.8 Å². The fourth-order valence-electron chi connectivity index (χ4n) is 3.55. The van der Waals surface area contributed by atoms with Gasteiger partial charge in [0.05, 0.1) is 33.9 Å². The average molecular weight is 455 g/mol. The molecule has 0 saturated carbocycles. The van der Waals surface area contributed by atoms with Crippen molar-refractivity contribution in [2.24, 2.45) is 0 Å². The van der Waals surface area contributed by atoms with Gasteiger partial charge in [-0.15, -0.1) is 0 Å². The topological polar surface area (TPSA) is 90.7 Å². The van der Waals surface area contributed by atoms with Crippen molar-refractivity contribution >= 4 is 40.7 Å². The minimum absolute atomic E-state index is 0.0320. The SMILES string of the molecule is O=C1C(=O)N(Cc2ccccn2)C(c2cccc(O)c2)/C1=C(/O)c1ccc(Cl)c(Cl)c1. The first-order chi connectivity index (χ1) is 14.9. The molecule has 1 amide bonds. The second-order valence-electron chi connectivity index (χ2n) is 6.97. The second-order valence-corrected chi connectivity index (χ2v) is 7.79. The maximum absolute atomic E-state index is 13.0. The summed E-state index contributed by atoms with van der Waals surface area (Å²) in [5.74, 6) is -2.03. The number of aromatic nitrogens is 1. The number of hydrogen-bond donors (Lipinski definition) is 2. The number of Topliss-reactive ketones (excluding diaryl/α,β-unsaturated/α-hetero) is 1.